The van der Waals surface area contributed by atoms with Crippen molar-refractivity contribution in [3.63, 3.8) is 0 Å². The summed E-state index contributed by atoms with van der Waals surface area (Å²) in [6, 6.07) is 7.33. The van der Waals surface area contributed by atoms with Crippen LogP contribution < -0.4 is 15.8 Å². The second-order valence-electron chi connectivity index (χ2n) is 3.96. The van der Waals surface area contributed by atoms with E-state index in [0.29, 0.717) is 13.2 Å². The summed E-state index contributed by atoms with van der Waals surface area (Å²) in [5, 5.41) is 2.86. The summed E-state index contributed by atoms with van der Waals surface area (Å²) in [6.45, 7) is 4.85. The lowest BCUT2D eigenvalue weighted by molar-refractivity contribution is -0.119. The summed E-state index contributed by atoms with van der Waals surface area (Å²) in [5.41, 5.74) is 6.11. The molecule has 3 N–H and O–H groups in total. The molecule has 1 aromatic rings. The van der Waals surface area contributed by atoms with Crippen molar-refractivity contribution in [1.82, 2.24) is 0 Å². The van der Waals surface area contributed by atoms with Gasteiger partial charge in [0.2, 0.25) is 5.91 Å². The molecule has 0 saturated heterocycles. The van der Waals surface area contributed by atoms with Crippen LogP contribution in [0.15, 0.2) is 24.3 Å². The molecule has 1 unspecified atom stereocenters. The third-order valence-corrected chi connectivity index (χ3v) is 2.55. The second-order valence-corrected chi connectivity index (χ2v) is 3.96. The Labute approximate surface area is 102 Å². The molecule has 4 nitrogen and oxygen atoms in total. The molecule has 0 radical (unpaired) electrons. The Hall–Kier alpha value is -1.55. The van der Waals surface area contributed by atoms with Crippen molar-refractivity contribution in [2.24, 2.45) is 11.7 Å². The summed E-state index contributed by atoms with van der Waals surface area (Å²) >= 11 is 0. The van der Waals surface area contributed by atoms with E-state index in [1.807, 2.05) is 32.0 Å². The Morgan fingerprint density at radius 3 is 2.94 bits per heavy atom. The Kier molecular flexibility index (Phi) is 5.49. The molecule has 1 aromatic carbocycles. The van der Waals surface area contributed by atoms with Crippen molar-refractivity contribution in [1.29, 1.82) is 0 Å². The predicted molar refractivity (Wildman–Crippen MR) is 69.1 cm³/mol. The zero-order valence-corrected chi connectivity index (χ0v) is 10.4. The number of nitrogens with one attached hydrogen (secondary N) is 1. The summed E-state index contributed by atoms with van der Waals surface area (Å²) in [7, 11) is 0. The molecule has 17 heavy (non-hydrogen) atoms. The van der Waals surface area contributed by atoms with Gasteiger partial charge in [0.15, 0.2) is 0 Å². The lowest BCUT2D eigenvalue weighted by Gasteiger charge is -2.11. The van der Waals surface area contributed by atoms with Crippen LogP contribution in [0.25, 0.3) is 0 Å². The van der Waals surface area contributed by atoms with Gasteiger partial charge in [-0.15, -0.1) is 0 Å². The molecule has 0 bridgehead atoms. The smallest absolute Gasteiger partial charge is 0.227 e. The maximum absolute atomic E-state index is 11.7. The summed E-state index contributed by atoms with van der Waals surface area (Å²) in [6.07, 6.45) is 0.829. The Bertz CT molecular complexity index is 366. The van der Waals surface area contributed by atoms with Gasteiger partial charge in [-0.2, -0.15) is 0 Å². The van der Waals surface area contributed by atoms with Gasteiger partial charge in [-0.1, -0.05) is 19.9 Å². The van der Waals surface area contributed by atoms with E-state index in [1.165, 1.54) is 0 Å². The van der Waals surface area contributed by atoms with Gasteiger partial charge in [0.05, 0.1) is 0 Å². The van der Waals surface area contributed by atoms with E-state index in [-0.39, 0.29) is 11.8 Å². The molecule has 1 amide bonds. The Morgan fingerprint density at radius 1 is 1.53 bits per heavy atom. The van der Waals surface area contributed by atoms with E-state index in [1.54, 1.807) is 6.07 Å². The highest BCUT2D eigenvalue weighted by molar-refractivity contribution is 5.92. The first-order valence-electron chi connectivity index (χ1n) is 5.91. The third kappa shape index (κ3) is 4.44. The largest absolute Gasteiger partial charge is 0.492 e. The third-order valence-electron chi connectivity index (χ3n) is 2.55. The van der Waals surface area contributed by atoms with Gasteiger partial charge >= 0.3 is 0 Å². The molecule has 0 fully saturated rings. The summed E-state index contributed by atoms with van der Waals surface area (Å²) < 4.78 is 5.39. The molecular weight excluding hydrogens is 216 g/mol. The lowest BCUT2D eigenvalue weighted by atomic mass is 10.1. The van der Waals surface area contributed by atoms with Crippen LogP contribution in [0.5, 0.6) is 5.75 Å². The molecular formula is C13H20N2O2. The number of hydrogen-bond donors (Lipinski definition) is 2. The van der Waals surface area contributed by atoms with Gasteiger partial charge < -0.3 is 15.8 Å². The van der Waals surface area contributed by atoms with Crippen molar-refractivity contribution < 1.29 is 9.53 Å². The normalized spacial score (nSPS) is 11.9. The number of amides is 1. The highest BCUT2D eigenvalue weighted by atomic mass is 16.5. The molecule has 0 aliphatic carbocycles. The molecule has 4 heteroatoms. The standard InChI is InChI=1S/C13H20N2O2/c1-3-10(2)13(16)15-11-5-4-6-12(9-11)17-8-7-14/h4-6,9-10H,3,7-8,14H2,1-2H3,(H,15,16). The molecule has 0 spiro atoms. The van der Waals surface area contributed by atoms with E-state index in [4.69, 9.17) is 10.5 Å². The molecule has 1 atom stereocenters. The first-order valence-corrected chi connectivity index (χ1v) is 5.91. The number of nitrogens with two attached hydrogens (primary N) is 1. The maximum atomic E-state index is 11.7. The fourth-order valence-corrected chi connectivity index (χ4v) is 1.29. The van der Waals surface area contributed by atoms with Gasteiger partial charge in [0.1, 0.15) is 12.4 Å². The van der Waals surface area contributed by atoms with Crippen LogP contribution >= 0.6 is 0 Å². The zero-order chi connectivity index (χ0) is 12.7. The van der Waals surface area contributed by atoms with Gasteiger partial charge in [0, 0.05) is 24.2 Å². The minimum atomic E-state index is 0.0172. The van der Waals surface area contributed by atoms with Crippen LogP contribution in [0, 0.1) is 5.92 Å². The van der Waals surface area contributed by atoms with Gasteiger partial charge in [-0.25, -0.2) is 0 Å². The maximum Gasteiger partial charge on any atom is 0.227 e. The monoisotopic (exact) mass is 236 g/mol. The molecule has 0 aromatic heterocycles. The Morgan fingerprint density at radius 2 is 2.29 bits per heavy atom. The highest BCUT2D eigenvalue weighted by Gasteiger charge is 2.10. The second kappa shape index (κ2) is 6.91. The number of carbonyl (C=O) groups is 1. The molecule has 1 rings (SSSR count). The van der Waals surface area contributed by atoms with Crippen molar-refractivity contribution in [2.45, 2.75) is 20.3 Å². The number of rotatable bonds is 6. The fraction of sp³-hybridized carbons (Fsp3) is 0.462. The summed E-state index contributed by atoms with van der Waals surface area (Å²) in [5.74, 6) is 0.768. The van der Waals surface area contributed by atoms with Crippen molar-refractivity contribution in [2.75, 3.05) is 18.5 Å². The number of carbonyl (C=O) groups excluding carboxylic acids is 1. The van der Waals surface area contributed by atoms with Crippen LogP contribution in [0.2, 0.25) is 0 Å². The lowest BCUT2D eigenvalue weighted by Crippen LogP contribution is -2.19. The molecule has 0 heterocycles. The molecule has 0 aliphatic heterocycles. The minimum Gasteiger partial charge on any atom is -0.492 e. The fourth-order valence-electron chi connectivity index (χ4n) is 1.29. The first-order chi connectivity index (χ1) is 8.17. The van der Waals surface area contributed by atoms with Crippen LogP contribution in [0.4, 0.5) is 5.69 Å². The van der Waals surface area contributed by atoms with Crippen molar-refractivity contribution in [3.05, 3.63) is 24.3 Å². The van der Waals surface area contributed by atoms with Gasteiger partial charge in [-0.3, -0.25) is 4.79 Å². The average Bonchev–Trinajstić information content (AvgIpc) is 2.35. The highest BCUT2D eigenvalue weighted by Crippen LogP contribution is 2.18. The minimum absolute atomic E-state index is 0.0172. The zero-order valence-electron chi connectivity index (χ0n) is 10.4. The topological polar surface area (TPSA) is 64.3 Å². The number of anilines is 1. The van der Waals surface area contributed by atoms with E-state index in [9.17, 15) is 4.79 Å². The van der Waals surface area contributed by atoms with E-state index in [0.717, 1.165) is 17.9 Å². The van der Waals surface area contributed by atoms with Gasteiger partial charge in [-0.05, 0) is 18.6 Å². The van der Waals surface area contributed by atoms with Crippen LogP contribution in [-0.2, 0) is 4.79 Å². The van der Waals surface area contributed by atoms with E-state index >= 15 is 0 Å². The first kappa shape index (κ1) is 13.5. The predicted octanol–water partition coefficient (Wildman–Crippen LogP) is 2.01. The quantitative estimate of drug-likeness (QED) is 0.794. The van der Waals surface area contributed by atoms with Crippen molar-refractivity contribution in [3.8, 4) is 5.75 Å². The average molecular weight is 236 g/mol. The van der Waals surface area contributed by atoms with Crippen LogP contribution in [0.1, 0.15) is 20.3 Å². The number of ether oxygens (including phenoxy) is 1. The SMILES string of the molecule is CCC(C)C(=O)Nc1cccc(OCCN)c1. The summed E-state index contributed by atoms with van der Waals surface area (Å²) in [4.78, 5) is 11.7. The molecule has 94 valence electrons. The van der Waals surface area contributed by atoms with Gasteiger partial charge in [0.25, 0.3) is 0 Å². The molecule has 0 aliphatic rings. The van der Waals surface area contributed by atoms with Crippen LogP contribution in [-0.4, -0.2) is 19.1 Å². The van der Waals surface area contributed by atoms with E-state index < -0.39 is 0 Å². The van der Waals surface area contributed by atoms with Crippen LogP contribution in [0.3, 0.4) is 0 Å². The number of hydrogen-bond acceptors (Lipinski definition) is 3. The number of benzene rings is 1. The Balaban J connectivity index is 2.62. The molecule has 0 saturated carbocycles. The van der Waals surface area contributed by atoms with E-state index in [2.05, 4.69) is 5.32 Å². The van der Waals surface area contributed by atoms with Crippen molar-refractivity contribution >= 4 is 11.6 Å².